The zero-order valence-electron chi connectivity index (χ0n) is 10.0. The number of halogens is 1. The molecule has 0 spiro atoms. The first-order chi connectivity index (χ1) is 8.73. The molecule has 5 heteroatoms. The number of nitrogens with zero attached hydrogens (tertiary/aromatic N) is 1. The summed E-state index contributed by atoms with van der Waals surface area (Å²) in [7, 11) is 0. The second kappa shape index (κ2) is 4.43. The Morgan fingerprint density at radius 2 is 2.17 bits per heavy atom. The van der Waals surface area contributed by atoms with Gasteiger partial charge in [-0.25, -0.2) is 0 Å². The molecule has 0 aromatic carbocycles. The van der Waals surface area contributed by atoms with Crippen molar-refractivity contribution in [3.8, 4) is 0 Å². The molecular weight excluding hydrogens is 250 g/mol. The Labute approximate surface area is 111 Å². The molecule has 2 atom stereocenters. The highest BCUT2D eigenvalue weighted by molar-refractivity contribution is 6.21. The fourth-order valence-corrected chi connectivity index (χ4v) is 3.19. The predicted octanol–water partition coefficient (Wildman–Crippen LogP) is 2.53. The summed E-state index contributed by atoms with van der Waals surface area (Å²) in [6.07, 6.45) is 11.8. The number of nitroso groups, excluding NO2 is 1. The fraction of sp³-hybridized carbons (Fsp3) is 0.538. The first-order valence-electron chi connectivity index (χ1n) is 6.35. The summed E-state index contributed by atoms with van der Waals surface area (Å²) >= 11 is 5.99. The van der Waals surface area contributed by atoms with Gasteiger partial charge < -0.3 is 10.6 Å². The molecule has 4 nitrogen and oxygen atoms in total. The number of rotatable bonds is 2. The first-order valence-corrected chi connectivity index (χ1v) is 6.79. The lowest BCUT2D eigenvalue weighted by Crippen LogP contribution is -2.48. The average Bonchev–Trinajstić information content (AvgIpc) is 2.88. The van der Waals surface area contributed by atoms with Crippen LogP contribution in [-0.2, 0) is 0 Å². The Hall–Kier alpha value is -1.29. The van der Waals surface area contributed by atoms with E-state index in [2.05, 4.69) is 15.8 Å². The van der Waals surface area contributed by atoms with Crippen molar-refractivity contribution in [2.75, 3.05) is 0 Å². The molecule has 1 saturated carbocycles. The molecule has 0 saturated heterocycles. The van der Waals surface area contributed by atoms with Crippen molar-refractivity contribution in [1.82, 2.24) is 10.6 Å². The highest BCUT2D eigenvalue weighted by Crippen LogP contribution is 2.38. The predicted molar refractivity (Wildman–Crippen MR) is 72.0 cm³/mol. The summed E-state index contributed by atoms with van der Waals surface area (Å²) < 4.78 is 0. The number of allylic oxidation sites excluding steroid dienone is 1. The molecular formula is C13H16ClN3O. The lowest BCUT2D eigenvalue weighted by atomic mass is 9.86. The number of alkyl halides is 1. The smallest absolute Gasteiger partial charge is 0.126 e. The van der Waals surface area contributed by atoms with Crippen molar-refractivity contribution in [3.63, 3.8) is 0 Å². The van der Waals surface area contributed by atoms with Gasteiger partial charge in [0.15, 0.2) is 0 Å². The molecule has 2 unspecified atom stereocenters. The van der Waals surface area contributed by atoms with Crippen LogP contribution in [-0.4, -0.2) is 17.1 Å². The highest BCUT2D eigenvalue weighted by atomic mass is 35.5. The third-order valence-electron chi connectivity index (χ3n) is 4.03. The van der Waals surface area contributed by atoms with Gasteiger partial charge in [0.1, 0.15) is 11.0 Å². The fourth-order valence-electron chi connectivity index (χ4n) is 2.99. The Kier molecular flexibility index (Phi) is 2.90. The monoisotopic (exact) mass is 265 g/mol. The van der Waals surface area contributed by atoms with Crippen molar-refractivity contribution < 1.29 is 0 Å². The van der Waals surface area contributed by atoms with E-state index in [9.17, 15) is 4.91 Å². The standard InChI is InChI=1S/C13H16ClN3O/c14-12-7-9-3-4-11(16-10(9)8-15-12)13(17-18)5-1-2-6-13/h3-4,7-8,11-12,15-16H,1-2,5-6H2. The number of dihydropyridines is 1. The molecule has 3 aliphatic rings. The molecule has 18 heavy (non-hydrogen) atoms. The zero-order valence-corrected chi connectivity index (χ0v) is 10.8. The van der Waals surface area contributed by atoms with Crippen LogP contribution in [0.5, 0.6) is 0 Å². The van der Waals surface area contributed by atoms with E-state index in [1.54, 1.807) is 0 Å². The highest BCUT2D eigenvalue weighted by Gasteiger charge is 2.43. The van der Waals surface area contributed by atoms with Gasteiger partial charge in [-0.3, -0.25) is 0 Å². The number of hydrogen-bond donors (Lipinski definition) is 2. The first kappa shape index (κ1) is 11.8. The van der Waals surface area contributed by atoms with Gasteiger partial charge in [-0.2, -0.15) is 4.91 Å². The SMILES string of the molecule is O=NC1(C2C=CC3=CC(Cl)NC=C3N2)CCCC1. The molecule has 2 N–H and O–H groups in total. The molecule has 2 heterocycles. The summed E-state index contributed by atoms with van der Waals surface area (Å²) in [5.41, 5.74) is 1.43. The van der Waals surface area contributed by atoms with Gasteiger partial charge in [0.2, 0.25) is 0 Å². The van der Waals surface area contributed by atoms with Crippen LogP contribution in [0.25, 0.3) is 0 Å². The zero-order chi connectivity index (χ0) is 12.6. The molecule has 2 aliphatic heterocycles. The van der Waals surface area contributed by atoms with Crippen LogP contribution in [0.2, 0.25) is 0 Å². The molecule has 3 rings (SSSR count). The van der Waals surface area contributed by atoms with Gasteiger partial charge in [0.05, 0.1) is 11.7 Å². The minimum Gasteiger partial charge on any atom is -0.375 e. The normalized spacial score (nSPS) is 32.7. The summed E-state index contributed by atoms with van der Waals surface area (Å²) in [4.78, 5) is 11.2. The van der Waals surface area contributed by atoms with Gasteiger partial charge >= 0.3 is 0 Å². The van der Waals surface area contributed by atoms with Crippen LogP contribution in [0.15, 0.2) is 40.9 Å². The molecule has 0 bridgehead atoms. The summed E-state index contributed by atoms with van der Waals surface area (Å²) in [6, 6.07) is -0.00502. The maximum Gasteiger partial charge on any atom is 0.126 e. The quantitative estimate of drug-likeness (QED) is 0.458. The maximum atomic E-state index is 11.2. The molecule has 0 amide bonds. The van der Waals surface area contributed by atoms with Gasteiger partial charge in [0.25, 0.3) is 0 Å². The largest absolute Gasteiger partial charge is 0.375 e. The second-order valence-electron chi connectivity index (χ2n) is 5.13. The van der Waals surface area contributed by atoms with Crippen LogP contribution in [0.3, 0.4) is 0 Å². The molecule has 1 fully saturated rings. The number of nitrogens with one attached hydrogen (secondary N) is 2. The van der Waals surface area contributed by atoms with Gasteiger partial charge in [-0.15, -0.1) is 0 Å². The Morgan fingerprint density at radius 3 is 2.89 bits per heavy atom. The van der Waals surface area contributed by atoms with Crippen molar-refractivity contribution >= 4 is 11.6 Å². The van der Waals surface area contributed by atoms with Crippen LogP contribution < -0.4 is 10.6 Å². The third kappa shape index (κ3) is 1.85. The van der Waals surface area contributed by atoms with E-state index in [1.807, 2.05) is 24.4 Å². The Morgan fingerprint density at radius 1 is 1.39 bits per heavy atom. The van der Waals surface area contributed by atoms with E-state index < -0.39 is 5.54 Å². The molecule has 0 radical (unpaired) electrons. The topological polar surface area (TPSA) is 53.5 Å². The van der Waals surface area contributed by atoms with Crippen LogP contribution in [0.4, 0.5) is 0 Å². The molecule has 0 aromatic heterocycles. The van der Waals surface area contributed by atoms with Gasteiger partial charge in [-0.05, 0) is 24.5 Å². The lowest BCUT2D eigenvalue weighted by molar-refractivity contribution is 0.357. The third-order valence-corrected chi connectivity index (χ3v) is 4.29. The summed E-state index contributed by atoms with van der Waals surface area (Å²) in [5.74, 6) is 0. The van der Waals surface area contributed by atoms with E-state index in [0.29, 0.717) is 0 Å². The van der Waals surface area contributed by atoms with Crippen molar-refractivity contribution in [2.24, 2.45) is 5.18 Å². The van der Waals surface area contributed by atoms with Crippen molar-refractivity contribution in [2.45, 2.75) is 42.8 Å². The number of hydrogen-bond acceptors (Lipinski definition) is 4. The van der Waals surface area contributed by atoms with E-state index in [1.165, 1.54) is 0 Å². The van der Waals surface area contributed by atoms with Crippen molar-refractivity contribution in [1.29, 1.82) is 0 Å². The average molecular weight is 266 g/mol. The Bertz CT molecular complexity index is 449. The second-order valence-corrected chi connectivity index (χ2v) is 5.60. The summed E-state index contributed by atoms with van der Waals surface area (Å²) in [5, 5.41) is 9.88. The molecule has 96 valence electrons. The van der Waals surface area contributed by atoms with E-state index >= 15 is 0 Å². The lowest BCUT2D eigenvalue weighted by Gasteiger charge is -2.35. The minimum absolute atomic E-state index is 0.00502. The van der Waals surface area contributed by atoms with E-state index in [-0.39, 0.29) is 11.5 Å². The molecule has 1 aliphatic carbocycles. The van der Waals surface area contributed by atoms with E-state index in [4.69, 9.17) is 11.6 Å². The van der Waals surface area contributed by atoms with Gasteiger partial charge in [0, 0.05) is 6.20 Å². The maximum absolute atomic E-state index is 11.2. The van der Waals surface area contributed by atoms with Crippen LogP contribution >= 0.6 is 11.6 Å². The number of fused-ring (bicyclic) bond motifs is 1. The minimum atomic E-state index is -0.472. The van der Waals surface area contributed by atoms with Crippen LogP contribution in [0, 0.1) is 4.91 Å². The summed E-state index contributed by atoms with van der Waals surface area (Å²) in [6.45, 7) is 0. The van der Waals surface area contributed by atoms with E-state index in [0.717, 1.165) is 37.0 Å². The molecule has 0 aromatic rings. The van der Waals surface area contributed by atoms with Gasteiger partial charge in [-0.1, -0.05) is 41.8 Å². The van der Waals surface area contributed by atoms with Crippen LogP contribution in [0.1, 0.15) is 25.7 Å². The Balaban J connectivity index is 1.87. The van der Waals surface area contributed by atoms with Crippen molar-refractivity contribution in [3.05, 3.63) is 40.6 Å².